The van der Waals surface area contributed by atoms with Crippen molar-refractivity contribution in [1.29, 1.82) is 0 Å². The number of ether oxygens (including phenoxy) is 2. The Hall–Kier alpha value is -1.53. The quantitative estimate of drug-likeness (QED) is 0.232. The van der Waals surface area contributed by atoms with E-state index in [1.807, 2.05) is 13.0 Å². The molecule has 1 saturated heterocycles. The van der Waals surface area contributed by atoms with Gasteiger partial charge in [-0.2, -0.15) is 0 Å². The second-order valence-corrected chi connectivity index (χ2v) is 9.64. The number of rotatable bonds is 12. The molecule has 3 rings (SSSR count). The van der Waals surface area contributed by atoms with Crippen LogP contribution in [0.25, 0.3) is 0 Å². The average molecular weight is 451 g/mol. The van der Waals surface area contributed by atoms with Crippen molar-refractivity contribution in [2.24, 2.45) is 17.8 Å². The SMILES string of the molecule is CCCCC(F)C(=O)C=C[C@H]1[C@H]2CC(=CCCCC(=O)O)C[C@H]2C[C@H]1OC1CCCCO1. The Labute approximate surface area is 191 Å². The van der Waals surface area contributed by atoms with Crippen molar-refractivity contribution in [3.63, 3.8) is 0 Å². The normalized spacial score (nSPS) is 32.4. The van der Waals surface area contributed by atoms with Crippen molar-refractivity contribution in [3.05, 3.63) is 23.8 Å². The first-order chi connectivity index (χ1) is 15.5. The number of unbranched alkanes of at least 4 members (excludes halogenated alkanes) is 2. The number of carbonyl (C=O) groups is 2. The molecule has 6 heteroatoms. The highest BCUT2D eigenvalue weighted by Gasteiger charge is 2.47. The summed E-state index contributed by atoms with van der Waals surface area (Å²) >= 11 is 0. The fourth-order valence-corrected chi connectivity index (χ4v) is 5.47. The van der Waals surface area contributed by atoms with Crippen LogP contribution in [0.1, 0.15) is 84.0 Å². The number of carboxylic acids is 1. The van der Waals surface area contributed by atoms with E-state index >= 15 is 0 Å². The maximum atomic E-state index is 14.2. The zero-order chi connectivity index (χ0) is 22.9. The highest BCUT2D eigenvalue weighted by Crippen LogP contribution is 2.52. The fourth-order valence-electron chi connectivity index (χ4n) is 5.47. The lowest BCUT2D eigenvalue weighted by atomic mass is 9.90. The third-order valence-electron chi connectivity index (χ3n) is 7.18. The van der Waals surface area contributed by atoms with Crippen molar-refractivity contribution in [2.75, 3.05) is 6.61 Å². The molecule has 1 aliphatic heterocycles. The molecule has 2 aliphatic carbocycles. The van der Waals surface area contributed by atoms with Crippen molar-refractivity contribution in [1.82, 2.24) is 0 Å². The summed E-state index contributed by atoms with van der Waals surface area (Å²) in [5, 5.41) is 8.82. The fraction of sp³-hybridized carbons (Fsp3) is 0.769. The number of allylic oxidation sites excluding steroid dienone is 3. The molecular formula is C26H39FO5. The summed E-state index contributed by atoms with van der Waals surface area (Å²) in [6.45, 7) is 2.72. The predicted molar refractivity (Wildman–Crippen MR) is 121 cm³/mol. The lowest BCUT2D eigenvalue weighted by molar-refractivity contribution is -0.193. The van der Waals surface area contributed by atoms with Gasteiger partial charge in [0.25, 0.3) is 0 Å². The Morgan fingerprint density at radius 3 is 2.84 bits per heavy atom. The molecule has 0 amide bonds. The molecular weight excluding hydrogens is 411 g/mol. The van der Waals surface area contributed by atoms with E-state index in [4.69, 9.17) is 14.6 Å². The highest BCUT2D eigenvalue weighted by atomic mass is 19.1. The Morgan fingerprint density at radius 2 is 2.12 bits per heavy atom. The van der Waals surface area contributed by atoms with Gasteiger partial charge in [-0.15, -0.1) is 0 Å². The molecule has 1 N–H and O–H groups in total. The van der Waals surface area contributed by atoms with Crippen LogP contribution >= 0.6 is 0 Å². The molecule has 2 saturated carbocycles. The summed E-state index contributed by atoms with van der Waals surface area (Å²) in [5.74, 6) is -0.237. The van der Waals surface area contributed by atoms with E-state index in [9.17, 15) is 14.0 Å². The van der Waals surface area contributed by atoms with Gasteiger partial charge in [-0.1, -0.05) is 37.5 Å². The van der Waals surface area contributed by atoms with Gasteiger partial charge in [0.2, 0.25) is 0 Å². The van der Waals surface area contributed by atoms with Crippen molar-refractivity contribution < 1.29 is 28.6 Å². The number of hydrogen-bond acceptors (Lipinski definition) is 4. The topological polar surface area (TPSA) is 72.8 Å². The van der Waals surface area contributed by atoms with Crippen LogP contribution in [0.5, 0.6) is 0 Å². The molecule has 0 aromatic heterocycles. The van der Waals surface area contributed by atoms with Gasteiger partial charge in [-0.3, -0.25) is 9.59 Å². The van der Waals surface area contributed by atoms with Crippen LogP contribution in [0, 0.1) is 17.8 Å². The summed E-state index contributed by atoms with van der Waals surface area (Å²) in [6.07, 6.45) is 13.5. The lowest BCUT2D eigenvalue weighted by Crippen LogP contribution is -2.31. The molecule has 6 atom stereocenters. The predicted octanol–water partition coefficient (Wildman–Crippen LogP) is 5.78. The van der Waals surface area contributed by atoms with Crippen LogP contribution in [0.3, 0.4) is 0 Å². The summed E-state index contributed by atoms with van der Waals surface area (Å²) in [5.41, 5.74) is 1.38. The Bertz CT molecular complexity index is 682. The summed E-state index contributed by atoms with van der Waals surface area (Å²) in [7, 11) is 0. The third-order valence-corrected chi connectivity index (χ3v) is 7.18. The van der Waals surface area contributed by atoms with Gasteiger partial charge in [-0.05, 0) is 75.7 Å². The average Bonchev–Trinajstić information content (AvgIpc) is 3.31. The van der Waals surface area contributed by atoms with E-state index in [0.29, 0.717) is 18.3 Å². The number of alkyl halides is 1. The molecule has 2 unspecified atom stereocenters. The van der Waals surface area contributed by atoms with E-state index in [2.05, 4.69) is 6.08 Å². The third kappa shape index (κ3) is 7.24. The molecule has 3 fully saturated rings. The zero-order valence-corrected chi connectivity index (χ0v) is 19.3. The van der Waals surface area contributed by atoms with Gasteiger partial charge < -0.3 is 14.6 Å². The number of fused-ring (bicyclic) bond motifs is 1. The number of carboxylic acid groups (broad SMARTS) is 1. The second kappa shape index (κ2) is 12.6. The summed E-state index contributed by atoms with van der Waals surface area (Å²) < 4.78 is 26.3. The molecule has 1 heterocycles. The standard InChI is InChI=1S/C26H39FO5/c1-2-3-9-22(27)23(28)13-12-20-21-16-18(8-4-5-10-25(29)30)15-19(21)17-24(20)32-26-11-6-7-14-31-26/h8,12-13,19-22,24,26H,2-7,9-11,14-17H2,1H3,(H,29,30)/t19-,20-,21-,22?,24+,26?/m0/s1. The summed E-state index contributed by atoms with van der Waals surface area (Å²) in [6, 6.07) is 0. The lowest BCUT2D eigenvalue weighted by Gasteiger charge is -2.29. The van der Waals surface area contributed by atoms with Gasteiger partial charge in [-0.25, -0.2) is 4.39 Å². The minimum Gasteiger partial charge on any atom is -0.481 e. The highest BCUT2D eigenvalue weighted by molar-refractivity contribution is 5.93. The second-order valence-electron chi connectivity index (χ2n) is 9.64. The first kappa shape index (κ1) is 25.1. The summed E-state index contributed by atoms with van der Waals surface area (Å²) in [4.78, 5) is 23.0. The maximum absolute atomic E-state index is 14.2. The minimum absolute atomic E-state index is 0.000543. The van der Waals surface area contributed by atoms with Crippen LogP contribution in [0.2, 0.25) is 0 Å². The van der Waals surface area contributed by atoms with E-state index in [0.717, 1.165) is 64.4 Å². The van der Waals surface area contributed by atoms with Crippen LogP contribution in [-0.4, -0.2) is 42.0 Å². The smallest absolute Gasteiger partial charge is 0.303 e. The number of carbonyl (C=O) groups excluding carboxylic acids is 1. The molecule has 0 aromatic carbocycles. The van der Waals surface area contributed by atoms with Gasteiger partial charge in [0.05, 0.1) is 6.10 Å². The Morgan fingerprint density at radius 1 is 1.28 bits per heavy atom. The molecule has 180 valence electrons. The largest absolute Gasteiger partial charge is 0.481 e. The van der Waals surface area contributed by atoms with E-state index in [1.54, 1.807) is 0 Å². The van der Waals surface area contributed by atoms with Crippen LogP contribution in [0.15, 0.2) is 23.8 Å². The first-order valence-electron chi connectivity index (χ1n) is 12.5. The van der Waals surface area contributed by atoms with Gasteiger partial charge in [0, 0.05) is 18.9 Å². The van der Waals surface area contributed by atoms with Crippen LogP contribution in [-0.2, 0) is 19.1 Å². The van der Waals surface area contributed by atoms with Crippen molar-refractivity contribution in [2.45, 2.75) is 103 Å². The number of hydrogen-bond donors (Lipinski definition) is 1. The molecule has 0 bridgehead atoms. The first-order valence-corrected chi connectivity index (χ1v) is 12.5. The molecule has 32 heavy (non-hydrogen) atoms. The number of aliphatic carboxylic acids is 1. The van der Waals surface area contributed by atoms with Gasteiger partial charge in [0.15, 0.2) is 18.2 Å². The van der Waals surface area contributed by atoms with Crippen molar-refractivity contribution >= 4 is 11.8 Å². The van der Waals surface area contributed by atoms with E-state index in [-0.39, 0.29) is 31.2 Å². The van der Waals surface area contributed by atoms with Gasteiger partial charge >= 0.3 is 5.97 Å². The van der Waals surface area contributed by atoms with Crippen LogP contribution in [0.4, 0.5) is 4.39 Å². The number of ketones is 1. The molecule has 5 nitrogen and oxygen atoms in total. The van der Waals surface area contributed by atoms with Gasteiger partial charge in [0.1, 0.15) is 0 Å². The number of halogens is 1. The Kier molecular flexibility index (Phi) is 9.92. The van der Waals surface area contributed by atoms with Crippen LogP contribution < -0.4 is 0 Å². The zero-order valence-electron chi connectivity index (χ0n) is 19.3. The molecule has 0 spiro atoms. The monoisotopic (exact) mass is 450 g/mol. The molecule has 3 aliphatic rings. The Balaban J connectivity index is 1.63. The maximum Gasteiger partial charge on any atom is 0.303 e. The van der Waals surface area contributed by atoms with E-state index < -0.39 is 17.9 Å². The van der Waals surface area contributed by atoms with Crippen molar-refractivity contribution in [3.8, 4) is 0 Å². The molecule has 0 aromatic rings. The van der Waals surface area contributed by atoms with E-state index in [1.165, 1.54) is 11.6 Å². The molecule has 0 radical (unpaired) electrons. The minimum atomic E-state index is -1.42.